The normalized spacial score (nSPS) is 22.3. The Balaban J connectivity index is 1.80. The van der Waals surface area contributed by atoms with E-state index in [1.807, 2.05) is 37.5 Å². The maximum absolute atomic E-state index is 12.8. The van der Waals surface area contributed by atoms with Crippen LogP contribution in [0.25, 0.3) is 0 Å². The highest BCUT2D eigenvalue weighted by molar-refractivity contribution is 6.24. The summed E-state index contributed by atoms with van der Waals surface area (Å²) in [5.74, 6) is -0.933. The molecule has 0 radical (unpaired) electrons. The molecule has 0 aromatic heterocycles. The summed E-state index contributed by atoms with van der Waals surface area (Å²) >= 11 is 0. The zero-order valence-corrected chi connectivity index (χ0v) is 18.1. The average molecular weight is 415 g/mol. The van der Waals surface area contributed by atoms with Gasteiger partial charge in [-0.3, -0.25) is 29.0 Å². The van der Waals surface area contributed by atoms with Gasteiger partial charge in [-0.05, 0) is 50.4 Å². The molecule has 3 rings (SSSR count). The molecule has 30 heavy (non-hydrogen) atoms. The molecule has 4 amide bonds. The van der Waals surface area contributed by atoms with Crippen molar-refractivity contribution < 1.29 is 19.2 Å². The van der Waals surface area contributed by atoms with E-state index in [0.717, 1.165) is 0 Å². The largest absolute Gasteiger partial charge is 0.292 e. The Hall–Kier alpha value is -2.58. The molecule has 8 heteroatoms. The maximum atomic E-state index is 12.8. The molecule has 2 fully saturated rings. The first-order chi connectivity index (χ1) is 14.4. The van der Waals surface area contributed by atoms with Gasteiger partial charge in [-0.2, -0.15) is 0 Å². The quantitative estimate of drug-likeness (QED) is 0.602. The Labute approximate surface area is 177 Å². The summed E-state index contributed by atoms with van der Waals surface area (Å²) in [7, 11) is 0. The second kappa shape index (κ2) is 9.06. The van der Waals surface area contributed by atoms with Gasteiger partial charge < -0.3 is 0 Å². The number of likely N-dealkylation sites (N-methyl/N-ethyl adjacent to an activating group) is 2. The summed E-state index contributed by atoms with van der Waals surface area (Å²) in [5, 5.41) is 0. The number of amides is 4. The molecule has 0 aliphatic carbocycles. The van der Waals surface area contributed by atoms with E-state index in [9.17, 15) is 19.2 Å². The Morgan fingerprint density at radius 1 is 0.667 bits per heavy atom. The lowest BCUT2D eigenvalue weighted by atomic mass is 10.2. The molecule has 0 unspecified atom stereocenters. The van der Waals surface area contributed by atoms with E-state index in [-0.39, 0.29) is 36.5 Å². The smallest absolute Gasteiger partial charge is 0.251 e. The molecule has 1 aromatic carbocycles. The molecule has 0 N–H and O–H groups in total. The van der Waals surface area contributed by atoms with Crippen LogP contribution in [0.5, 0.6) is 0 Å². The number of nitrogens with zero attached hydrogens (tertiary/aromatic N) is 4. The van der Waals surface area contributed by atoms with Gasteiger partial charge >= 0.3 is 0 Å². The number of hydrogen-bond acceptors (Lipinski definition) is 6. The monoisotopic (exact) mass is 414 g/mol. The summed E-state index contributed by atoms with van der Waals surface area (Å²) in [6.07, 6.45) is 0.327. The van der Waals surface area contributed by atoms with Crippen molar-refractivity contribution in [2.75, 3.05) is 36.0 Å². The highest BCUT2D eigenvalue weighted by Gasteiger charge is 2.43. The van der Waals surface area contributed by atoms with Gasteiger partial charge in [0.15, 0.2) is 0 Å². The number of rotatable bonds is 8. The topological polar surface area (TPSA) is 81.2 Å². The van der Waals surface area contributed by atoms with Crippen LogP contribution in [-0.2, 0) is 19.2 Å². The molecular formula is C22H30N4O4. The first kappa shape index (κ1) is 22.1. The first-order valence-electron chi connectivity index (χ1n) is 10.7. The lowest BCUT2D eigenvalue weighted by Crippen LogP contribution is -2.42. The van der Waals surface area contributed by atoms with Crippen LogP contribution in [0.4, 0.5) is 11.4 Å². The summed E-state index contributed by atoms with van der Waals surface area (Å²) in [6.45, 7) is 10.6. The molecule has 8 nitrogen and oxygen atoms in total. The van der Waals surface area contributed by atoms with Gasteiger partial charge in [-0.1, -0.05) is 27.7 Å². The van der Waals surface area contributed by atoms with E-state index in [0.29, 0.717) is 37.6 Å². The summed E-state index contributed by atoms with van der Waals surface area (Å²) in [5.41, 5.74) is 0.922. The molecular weight excluding hydrogens is 384 g/mol. The summed E-state index contributed by atoms with van der Waals surface area (Å²) in [6, 6.07) is 5.62. The Morgan fingerprint density at radius 2 is 0.967 bits per heavy atom. The van der Waals surface area contributed by atoms with Crippen molar-refractivity contribution in [3.05, 3.63) is 24.3 Å². The first-order valence-corrected chi connectivity index (χ1v) is 10.7. The number of anilines is 2. The van der Waals surface area contributed by atoms with Crippen LogP contribution in [0.2, 0.25) is 0 Å². The number of benzene rings is 1. The van der Waals surface area contributed by atoms with Crippen LogP contribution in [0.3, 0.4) is 0 Å². The fourth-order valence-corrected chi connectivity index (χ4v) is 4.42. The Bertz CT molecular complexity index is 761. The van der Waals surface area contributed by atoms with E-state index >= 15 is 0 Å². The average Bonchev–Trinajstić information content (AvgIpc) is 3.19. The van der Waals surface area contributed by atoms with Gasteiger partial charge in [-0.25, -0.2) is 9.80 Å². The maximum Gasteiger partial charge on any atom is 0.251 e. The Morgan fingerprint density at radius 3 is 1.23 bits per heavy atom. The lowest BCUT2D eigenvalue weighted by molar-refractivity contribution is -0.124. The molecule has 2 saturated heterocycles. The number of imide groups is 2. The predicted octanol–water partition coefficient (Wildman–Crippen LogP) is 1.63. The number of carbonyl (C=O) groups excluding carboxylic acids is 4. The second-order valence-corrected chi connectivity index (χ2v) is 7.53. The highest BCUT2D eigenvalue weighted by atomic mass is 16.2. The molecule has 2 aliphatic rings. The van der Waals surface area contributed by atoms with Crippen LogP contribution in [0.15, 0.2) is 24.3 Å². The van der Waals surface area contributed by atoms with Crippen LogP contribution < -0.4 is 9.80 Å². The van der Waals surface area contributed by atoms with Crippen LogP contribution >= 0.6 is 0 Å². The van der Waals surface area contributed by atoms with Crippen molar-refractivity contribution >= 4 is 35.0 Å². The van der Waals surface area contributed by atoms with Crippen molar-refractivity contribution in [3.8, 4) is 0 Å². The molecule has 2 aliphatic heterocycles. The van der Waals surface area contributed by atoms with E-state index in [2.05, 4.69) is 0 Å². The van der Waals surface area contributed by atoms with E-state index in [4.69, 9.17) is 0 Å². The van der Waals surface area contributed by atoms with E-state index < -0.39 is 12.1 Å². The zero-order valence-electron chi connectivity index (χ0n) is 18.1. The SMILES string of the molecule is CCN(CC)[C@@H]1CC(=O)N(c2ccc(N3C(=O)C[C@@H](N(CC)CC)C3=O)cc2)C1=O. The van der Waals surface area contributed by atoms with Gasteiger partial charge in [0.1, 0.15) is 0 Å². The fraction of sp³-hybridized carbons (Fsp3) is 0.545. The van der Waals surface area contributed by atoms with Crippen molar-refractivity contribution in [2.45, 2.75) is 52.6 Å². The fourth-order valence-electron chi connectivity index (χ4n) is 4.42. The number of hydrogen-bond donors (Lipinski definition) is 0. The van der Waals surface area contributed by atoms with Gasteiger partial charge in [0.25, 0.3) is 11.8 Å². The minimum Gasteiger partial charge on any atom is -0.292 e. The minimum absolute atomic E-state index is 0.164. The van der Waals surface area contributed by atoms with Crippen molar-refractivity contribution in [1.29, 1.82) is 0 Å². The zero-order chi connectivity index (χ0) is 22.0. The molecule has 2 heterocycles. The Kier molecular flexibility index (Phi) is 6.67. The van der Waals surface area contributed by atoms with Crippen LogP contribution in [0, 0.1) is 0 Å². The van der Waals surface area contributed by atoms with Crippen LogP contribution in [-0.4, -0.2) is 71.7 Å². The van der Waals surface area contributed by atoms with Gasteiger partial charge in [0, 0.05) is 0 Å². The summed E-state index contributed by atoms with van der Waals surface area (Å²) in [4.78, 5) is 57.1. The number of carbonyl (C=O) groups is 4. The highest BCUT2D eigenvalue weighted by Crippen LogP contribution is 2.30. The third kappa shape index (κ3) is 3.77. The van der Waals surface area contributed by atoms with Gasteiger partial charge in [0.2, 0.25) is 11.8 Å². The molecule has 0 saturated carbocycles. The molecule has 1 aromatic rings. The molecule has 0 spiro atoms. The minimum atomic E-state index is -0.441. The third-order valence-electron chi connectivity index (χ3n) is 6.12. The van der Waals surface area contributed by atoms with E-state index in [1.54, 1.807) is 24.3 Å². The standard InChI is InChI=1S/C22H30N4O4/c1-5-23(6-2)17-13-19(27)25(21(17)29)15-9-11-16(12-10-15)26-20(28)14-18(22(26)30)24(7-3)8-4/h9-12,17-18H,5-8,13-14H2,1-4H3/t17-,18-/m1/s1. The molecule has 0 bridgehead atoms. The van der Waals surface area contributed by atoms with Crippen molar-refractivity contribution in [3.63, 3.8) is 0 Å². The third-order valence-corrected chi connectivity index (χ3v) is 6.12. The van der Waals surface area contributed by atoms with Gasteiger partial charge in [-0.15, -0.1) is 0 Å². The molecule has 162 valence electrons. The lowest BCUT2D eigenvalue weighted by Gasteiger charge is -2.25. The second-order valence-electron chi connectivity index (χ2n) is 7.53. The predicted molar refractivity (Wildman–Crippen MR) is 114 cm³/mol. The van der Waals surface area contributed by atoms with Crippen LogP contribution in [0.1, 0.15) is 40.5 Å². The summed E-state index contributed by atoms with van der Waals surface area (Å²) < 4.78 is 0. The van der Waals surface area contributed by atoms with Crippen molar-refractivity contribution in [1.82, 2.24) is 9.80 Å². The molecule has 2 atom stereocenters. The van der Waals surface area contributed by atoms with E-state index in [1.165, 1.54) is 9.80 Å². The van der Waals surface area contributed by atoms with Gasteiger partial charge in [0.05, 0.1) is 36.3 Å². The van der Waals surface area contributed by atoms with Crippen molar-refractivity contribution in [2.24, 2.45) is 0 Å².